The molecule has 1 aliphatic heterocycles. The van der Waals surface area contributed by atoms with Gasteiger partial charge in [-0.25, -0.2) is 0 Å². The molecule has 1 fully saturated rings. The first-order valence-electron chi connectivity index (χ1n) is 1.77. The van der Waals surface area contributed by atoms with E-state index in [9.17, 15) is 9.59 Å². The second-order valence-electron chi connectivity index (χ2n) is 1.12. The van der Waals surface area contributed by atoms with Crippen LogP contribution < -0.4 is 5.32 Å². The van der Waals surface area contributed by atoms with Crippen molar-refractivity contribution in [2.24, 2.45) is 0 Å². The number of thioether (sulfide) groups is 1. The van der Waals surface area contributed by atoms with Crippen molar-refractivity contribution in [3.63, 3.8) is 0 Å². The summed E-state index contributed by atoms with van der Waals surface area (Å²) in [5.74, 6) is 0. The first-order chi connectivity index (χ1) is 3.29. The number of amides is 1. The average molecular weight is 157 g/mol. The molecule has 1 amide bonds. The van der Waals surface area contributed by atoms with Crippen molar-refractivity contribution >= 4 is 73.5 Å². The zero-order chi connectivity index (χ0) is 5.28. The van der Waals surface area contributed by atoms with Crippen LogP contribution in [0.3, 0.4) is 0 Å². The Labute approximate surface area is 93.4 Å². The molecule has 5 heteroatoms. The molecular formula is C3H4KNO2S. The third-order valence-electron chi connectivity index (χ3n) is 0.584. The number of carbonyl (C=O) groups is 2. The van der Waals surface area contributed by atoms with E-state index in [-0.39, 0.29) is 68.3 Å². The Morgan fingerprint density at radius 1 is 1.50 bits per heavy atom. The van der Waals surface area contributed by atoms with E-state index in [1.54, 1.807) is 0 Å². The Morgan fingerprint density at radius 2 is 2.12 bits per heavy atom. The second-order valence-corrected chi connectivity index (χ2v) is 2.15. The molecule has 40 valence electrons. The van der Waals surface area contributed by atoms with E-state index in [0.717, 1.165) is 11.8 Å². The molecular weight excluding hydrogens is 153 g/mol. The van der Waals surface area contributed by atoms with Crippen molar-refractivity contribution in [3.05, 3.63) is 0 Å². The standard InChI is InChI=1S/C3H3NO2S.K.H/c5-2-1-4-3(6)7-2;;/h1H2,(H,4,6);;. The van der Waals surface area contributed by atoms with Gasteiger partial charge in [-0.1, -0.05) is 0 Å². The van der Waals surface area contributed by atoms with Crippen LogP contribution in [0.4, 0.5) is 4.79 Å². The fourth-order valence-corrected chi connectivity index (χ4v) is 0.815. The number of hydrogen-bond donors (Lipinski definition) is 1. The molecule has 0 aromatic heterocycles. The van der Waals surface area contributed by atoms with Gasteiger partial charge < -0.3 is 5.32 Å². The molecule has 0 aromatic rings. The van der Waals surface area contributed by atoms with E-state index in [1.165, 1.54) is 0 Å². The Bertz CT molecular complexity index is 112. The van der Waals surface area contributed by atoms with Crippen LogP contribution in [-0.4, -0.2) is 68.3 Å². The summed E-state index contributed by atoms with van der Waals surface area (Å²) in [5, 5.41) is 2.02. The molecule has 0 unspecified atom stereocenters. The maximum atomic E-state index is 10.1. The fourth-order valence-electron chi connectivity index (χ4n) is 0.320. The first kappa shape index (κ1) is 9.13. The van der Waals surface area contributed by atoms with Crippen molar-refractivity contribution in [1.82, 2.24) is 5.32 Å². The van der Waals surface area contributed by atoms with Gasteiger partial charge in [0.05, 0.1) is 6.54 Å². The van der Waals surface area contributed by atoms with Gasteiger partial charge in [0.1, 0.15) is 0 Å². The van der Waals surface area contributed by atoms with E-state index in [4.69, 9.17) is 0 Å². The normalized spacial score (nSPS) is 17.5. The van der Waals surface area contributed by atoms with Crippen LogP contribution in [0.25, 0.3) is 0 Å². The fraction of sp³-hybridized carbons (Fsp3) is 0.333. The van der Waals surface area contributed by atoms with Crippen LogP contribution in [0.2, 0.25) is 0 Å². The first-order valence-corrected chi connectivity index (χ1v) is 2.59. The Hall–Kier alpha value is 1.13. The Morgan fingerprint density at radius 3 is 2.25 bits per heavy atom. The summed E-state index contributed by atoms with van der Waals surface area (Å²) in [5.41, 5.74) is 0. The maximum absolute atomic E-state index is 10.1. The predicted octanol–water partition coefficient (Wildman–Crippen LogP) is -0.679. The van der Waals surface area contributed by atoms with Crippen LogP contribution in [-0.2, 0) is 4.79 Å². The summed E-state index contributed by atoms with van der Waals surface area (Å²) in [6, 6.07) is 0. The van der Waals surface area contributed by atoms with Crippen molar-refractivity contribution in [1.29, 1.82) is 0 Å². The van der Waals surface area contributed by atoms with E-state index in [0.29, 0.717) is 0 Å². The van der Waals surface area contributed by atoms with Gasteiger partial charge in [-0.15, -0.1) is 0 Å². The molecule has 0 aromatic carbocycles. The molecule has 1 saturated heterocycles. The van der Waals surface area contributed by atoms with Gasteiger partial charge in [-0.2, -0.15) is 0 Å². The topological polar surface area (TPSA) is 46.2 Å². The SMILES string of the molecule is O=C1CNC(=O)S1.[KH]. The van der Waals surface area contributed by atoms with Crippen LogP contribution in [0.15, 0.2) is 0 Å². The quantitative estimate of drug-likeness (QED) is 0.474. The summed E-state index contributed by atoms with van der Waals surface area (Å²) in [7, 11) is 0. The van der Waals surface area contributed by atoms with Gasteiger partial charge in [-0.3, -0.25) is 9.59 Å². The molecule has 1 rings (SSSR count). The Balaban J connectivity index is 0.000000490. The summed E-state index contributed by atoms with van der Waals surface area (Å²) >= 11 is 0.731. The van der Waals surface area contributed by atoms with Crippen LogP contribution >= 0.6 is 11.8 Å². The average Bonchev–Trinajstić information content (AvgIpc) is 1.87. The van der Waals surface area contributed by atoms with Crippen molar-refractivity contribution < 1.29 is 9.59 Å². The molecule has 0 aliphatic carbocycles. The van der Waals surface area contributed by atoms with Gasteiger partial charge in [0.15, 0.2) is 0 Å². The molecule has 0 radical (unpaired) electrons. The third kappa shape index (κ3) is 2.61. The zero-order valence-corrected chi connectivity index (χ0v) is 4.25. The number of rotatable bonds is 0. The van der Waals surface area contributed by atoms with Crippen molar-refractivity contribution in [2.45, 2.75) is 0 Å². The van der Waals surface area contributed by atoms with Gasteiger partial charge >= 0.3 is 51.4 Å². The van der Waals surface area contributed by atoms with Crippen LogP contribution in [0.1, 0.15) is 0 Å². The molecule has 1 heterocycles. The summed E-state index contributed by atoms with van der Waals surface area (Å²) in [4.78, 5) is 20.2. The molecule has 0 atom stereocenters. The molecule has 8 heavy (non-hydrogen) atoms. The zero-order valence-electron chi connectivity index (χ0n) is 3.43. The monoisotopic (exact) mass is 157 g/mol. The van der Waals surface area contributed by atoms with E-state index in [2.05, 4.69) is 5.32 Å². The van der Waals surface area contributed by atoms with Gasteiger partial charge in [0.25, 0.3) is 5.24 Å². The van der Waals surface area contributed by atoms with Crippen LogP contribution in [0.5, 0.6) is 0 Å². The van der Waals surface area contributed by atoms with E-state index < -0.39 is 0 Å². The van der Waals surface area contributed by atoms with Gasteiger partial charge in [0, 0.05) is 11.8 Å². The van der Waals surface area contributed by atoms with Gasteiger partial charge in [0.2, 0.25) is 5.12 Å². The molecule has 3 nitrogen and oxygen atoms in total. The molecule has 0 bridgehead atoms. The number of carbonyl (C=O) groups excluding carboxylic acids is 2. The van der Waals surface area contributed by atoms with Crippen LogP contribution in [0, 0.1) is 0 Å². The van der Waals surface area contributed by atoms with Crippen molar-refractivity contribution in [2.75, 3.05) is 6.54 Å². The minimum atomic E-state index is -0.231. The Kier molecular flexibility index (Phi) is 4.59. The summed E-state index contributed by atoms with van der Waals surface area (Å²) in [6.07, 6.45) is 0. The molecule has 1 N–H and O–H groups in total. The van der Waals surface area contributed by atoms with Gasteiger partial charge in [-0.05, 0) is 0 Å². The third-order valence-corrected chi connectivity index (χ3v) is 1.29. The van der Waals surface area contributed by atoms with E-state index in [1.807, 2.05) is 0 Å². The minimum absolute atomic E-state index is 0. The molecule has 0 saturated carbocycles. The number of hydrogen-bond acceptors (Lipinski definition) is 3. The van der Waals surface area contributed by atoms with Crippen molar-refractivity contribution in [3.8, 4) is 0 Å². The number of nitrogens with one attached hydrogen (secondary N) is 1. The summed E-state index contributed by atoms with van der Waals surface area (Å²) < 4.78 is 0. The second kappa shape index (κ2) is 4.02. The van der Waals surface area contributed by atoms with E-state index >= 15 is 0 Å². The summed E-state index contributed by atoms with van der Waals surface area (Å²) in [6.45, 7) is 0.198. The molecule has 1 aliphatic rings. The predicted molar refractivity (Wildman–Crippen MR) is 33.1 cm³/mol. The molecule has 0 spiro atoms.